The van der Waals surface area contributed by atoms with Crippen LogP contribution in [0.4, 0.5) is 11.4 Å². The van der Waals surface area contributed by atoms with Gasteiger partial charge in [-0.2, -0.15) is 0 Å². The van der Waals surface area contributed by atoms with Crippen molar-refractivity contribution in [3.63, 3.8) is 0 Å². The lowest BCUT2D eigenvalue weighted by molar-refractivity contribution is 0.102. The quantitative estimate of drug-likeness (QED) is 0.734. The van der Waals surface area contributed by atoms with Gasteiger partial charge in [-0.3, -0.25) is 4.79 Å². The minimum absolute atomic E-state index is 0.144. The van der Waals surface area contributed by atoms with E-state index in [0.717, 1.165) is 11.1 Å². The van der Waals surface area contributed by atoms with E-state index in [9.17, 15) is 9.90 Å². The molecule has 0 heterocycles. The molecule has 1 amide bonds. The summed E-state index contributed by atoms with van der Waals surface area (Å²) in [6.45, 7) is 5.67. The Hall–Kier alpha value is -2.49. The molecule has 0 aliphatic rings. The summed E-state index contributed by atoms with van der Waals surface area (Å²) < 4.78 is 0. The Bertz CT molecular complexity index is 678. The predicted molar refractivity (Wildman–Crippen MR) is 81.1 cm³/mol. The number of benzene rings is 2. The third-order valence-corrected chi connectivity index (χ3v) is 3.46. The first-order valence-corrected chi connectivity index (χ1v) is 6.37. The summed E-state index contributed by atoms with van der Waals surface area (Å²) in [5.41, 5.74) is 10.4. The van der Waals surface area contributed by atoms with E-state index in [2.05, 4.69) is 5.32 Å². The Labute approximate surface area is 118 Å². The van der Waals surface area contributed by atoms with Crippen molar-refractivity contribution in [1.82, 2.24) is 0 Å². The van der Waals surface area contributed by atoms with Crippen LogP contribution in [0.2, 0.25) is 0 Å². The summed E-state index contributed by atoms with van der Waals surface area (Å²) in [7, 11) is 0. The van der Waals surface area contributed by atoms with Crippen LogP contribution < -0.4 is 11.1 Å². The third-order valence-electron chi connectivity index (χ3n) is 3.46. The average Bonchev–Trinajstić information content (AvgIpc) is 2.39. The number of hydrogen-bond donors (Lipinski definition) is 3. The Balaban J connectivity index is 2.35. The van der Waals surface area contributed by atoms with E-state index in [4.69, 9.17) is 5.73 Å². The molecule has 0 fully saturated rings. The average molecular weight is 270 g/mol. The second-order valence-corrected chi connectivity index (χ2v) is 4.93. The van der Waals surface area contributed by atoms with Gasteiger partial charge < -0.3 is 16.2 Å². The molecule has 0 atom stereocenters. The lowest BCUT2D eigenvalue weighted by Gasteiger charge is -2.14. The van der Waals surface area contributed by atoms with Crippen LogP contribution >= 0.6 is 0 Å². The van der Waals surface area contributed by atoms with Crippen LogP contribution in [-0.2, 0) is 0 Å². The molecule has 2 aromatic carbocycles. The zero-order chi connectivity index (χ0) is 14.9. The van der Waals surface area contributed by atoms with Gasteiger partial charge in [-0.1, -0.05) is 6.07 Å². The van der Waals surface area contributed by atoms with Crippen LogP contribution in [0.15, 0.2) is 30.3 Å². The third kappa shape index (κ3) is 2.59. The first kappa shape index (κ1) is 13.9. The molecule has 4 nitrogen and oxygen atoms in total. The number of phenolic OH excluding ortho intramolecular Hbond substituents is 1. The fourth-order valence-electron chi connectivity index (χ4n) is 2.09. The molecule has 4 N–H and O–H groups in total. The first-order valence-electron chi connectivity index (χ1n) is 6.37. The number of aromatic hydroxyl groups is 1. The Morgan fingerprint density at radius 2 is 1.80 bits per heavy atom. The van der Waals surface area contributed by atoms with Crippen LogP contribution in [0.1, 0.15) is 27.0 Å². The molecular weight excluding hydrogens is 252 g/mol. The molecule has 0 aliphatic carbocycles. The van der Waals surface area contributed by atoms with Gasteiger partial charge in [-0.15, -0.1) is 0 Å². The number of anilines is 2. The lowest BCUT2D eigenvalue weighted by Crippen LogP contribution is -2.15. The van der Waals surface area contributed by atoms with Crippen molar-refractivity contribution in [2.75, 3.05) is 11.1 Å². The molecule has 0 radical (unpaired) electrons. The highest BCUT2D eigenvalue weighted by Crippen LogP contribution is 2.27. The van der Waals surface area contributed by atoms with Crippen molar-refractivity contribution in [2.24, 2.45) is 0 Å². The fraction of sp³-hybridized carbons (Fsp3) is 0.188. The molecule has 0 spiro atoms. The minimum Gasteiger partial charge on any atom is -0.508 e. The first-order chi connectivity index (χ1) is 9.40. The number of carbonyl (C=O) groups is 1. The molecule has 0 saturated heterocycles. The van der Waals surface area contributed by atoms with Gasteiger partial charge in [-0.25, -0.2) is 0 Å². The molecule has 4 heteroatoms. The summed E-state index contributed by atoms with van der Waals surface area (Å²) in [4.78, 5) is 12.3. The number of nitrogen functional groups attached to an aromatic ring is 1. The molecular formula is C16H18N2O2. The number of carbonyl (C=O) groups excluding carboxylic acids is 1. The highest BCUT2D eigenvalue weighted by molar-refractivity contribution is 6.07. The zero-order valence-corrected chi connectivity index (χ0v) is 11.8. The van der Waals surface area contributed by atoms with Crippen LogP contribution in [0.3, 0.4) is 0 Å². The smallest absolute Gasteiger partial charge is 0.255 e. The summed E-state index contributed by atoms with van der Waals surface area (Å²) in [5, 5.41) is 12.2. The highest BCUT2D eigenvalue weighted by atomic mass is 16.3. The van der Waals surface area contributed by atoms with E-state index in [-0.39, 0.29) is 11.7 Å². The zero-order valence-electron chi connectivity index (χ0n) is 11.8. The predicted octanol–water partition coefficient (Wildman–Crippen LogP) is 3.15. The van der Waals surface area contributed by atoms with E-state index in [1.807, 2.05) is 19.9 Å². The molecule has 0 bridgehead atoms. The fourth-order valence-corrected chi connectivity index (χ4v) is 2.09. The van der Waals surface area contributed by atoms with Crippen molar-refractivity contribution < 1.29 is 9.90 Å². The normalized spacial score (nSPS) is 10.3. The minimum atomic E-state index is -0.233. The maximum absolute atomic E-state index is 12.3. The lowest BCUT2D eigenvalue weighted by atomic mass is 10.0. The van der Waals surface area contributed by atoms with Crippen LogP contribution in [0, 0.1) is 20.8 Å². The van der Waals surface area contributed by atoms with E-state index in [1.54, 1.807) is 25.1 Å². The summed E-state index contributed by atoms with van der Waals surface area (Å²) >= 11 is 0. The van der Waals surface area contributed by atoms with Gasteiger partial charge in [0.15, 0.2) is 0 Å². The van der Waals surface area contributed by atoms with Crippen molar-refractivity contribution in [3.8, 4) is 5.75 Å². The summed E-state index contributed by atoms with van der Waals surface area (Å²) in [6.07, 6.45) is 0. The molecule has 2 aromatic rings. The Morgan fingerprint density at radius 1 is 1.10 bits per heavy atom. The van der Waals surface area contributed by atoms with Crippen LogP contribution in [0.25, 0.3) is 0 Å². The number of nitrogens with two attached hydrogens (primary N) is 1. The molecule has 0 unspecified atom stereocenters. The number of phenols is 1. The van der Waals surface area contributed by atoms with Gasteiger partial charge >= 0.3 is 0 Å². The van der Waals surface area contributed by atoms with E-state index in [1.165, 1.54) is 6.07 Å². The maximum atomic E-state index is 12.3. The van der Waals surface area contributed by atoms with Gasteiger partial charge in [0.2, 0.25) is 0 Å². The number of hydrogen-bond acceptors (Lipinski definition) is 3. The number of aryl methyl sites for hydroxylation is 2. The van der Waals surface area contributed by atoms with Gasteiger partial charge in [0.05, 0.1) is 11.4 Å². The summed E-state index contributed by atoms with van der Waals surface area (Å²) in [6, 6.07) is 8.35. The number of nitrogens with one attached hydrogen (secondary N) is 1. The molecule has 0 saturated carbocycles. The molecule has 2 rings (SSSR count). The van der Waals surface area contributed by atoms with E-state index < -0.39 is 0 Å². The Kier molecular flexibility index (Phi) is 3.66. The number of amides is 1. The highest BCUT2D eigenvalue weighted by Gasteiger charge is 2.13. The SMILES string of the molecule is Cc1cc(O)ccc1C(=O)Nc1c(N)ccc(C)c1C. The van der Waals surface area contributed by atoms with E-state index >= 15 is 0 Å². The topological polar surface area (TPSA) is 75.3 Å². The van der Waals surface area contributed by atoms with Crippen molar-refractivity contribution >= 4 is 17.3 Å². The maximum Gasteiger partial charge on any atom is 0.255 e. The monoisotopic (exact) mass is 270 g/mol. The molecule has 0 aromatic heterocycles. The standard InChI is InChI=1S/C16H18N2O2/c1-9-4-7-14(17)15(11(9)3)18-16(20)13-6-5-12(19)8-10(13)2/h4-8,19H,17H2,1-3H3,(H,18,20). The van der Waals surface area contributed by atoms with E-state index in [0.29, 0.717) is 22.5 Å². The van der Waals surface area contributed by atoms with Crippen molar-refractivity contribution in [3.05, 3.63) is 52.6 Å². The summed E-state index contributed by atoms with van der Waals surface area (Å²) in [5.74, 6) is -0.0896. The van der Waals surface area contributed by atoms with Crippen LogP contribution in [0.5, 0.6) is 5.75 Å². The van der Waals surface area contributed by atoms with Gasteiger partial charge in [0, 0.05) is 5.56 Å². The van der Waals surface area contributed by atoms with Gasteiger partial charge in [0.25, 0.3) is 5.91 Å². The van der Waals surface area contributed by atoms with Crippen molar-refractivity contribution in [2.45, 2.75) is 20.8 Å². The van der Waals surface area contributed by atoms with Crippen LogP contribution in [-0.4, -0.2) is 11.0 Å². The Morgan fingerprint density at radius 3 is 2.45 bits per heavy atom. The second-order valence-electron chi connectivity index (χ2n) is 4.93. The molecule has 20 heavy (non-hydrogen) atoms. The largest absolute Gasteiger partial charge is 0.508 e. The molecule has 0 aliphatic heterocycles. The van der Waals surface area contributed by atoms with Gasteiger partial charge in [-0.05, 0) is 61.7 Å². The molecule has 104 valence electrons. The van der Waals surface area contributed by atoms with Gasteiger partial charge in [0.1, 0.15) is 5.75 Å². The van der Waals surface area contributed by atoms with Crippen molar-refractivity contribution in [1.29, 1.82) is 0 Å². The number of rotatable bonds is 2. The second kappa shape index (κ2) is 5.25.